The first-order valence-electron chi connectivity index (χ1n) is 9.03. The van der Waals surface area contributed by atoms with Gasteiger partial charge in [-0.15, -0.1) is 0 Å². The van der Waals surface area contributed by atoms with E-state index in [4.69, 9.17) is 0 Å². The highest BCUT2D eigenvalue weighted by Gasteiger charge is 2.33. The molecular weight excluding hydrogens is 282 g/mol. The van der Waals surface area contributed by atoms with Gasteiger partial charge in [-0.25, -0.2) is 0 Å². The molecule has 0 aromatic carbocycles. The first-order chi connectivity index (χ1) is 10.9. The molecule has 23 heavy (non-hydrogen) atoms. The molecule has 130 valence electrons. The number of allylic oxidation sites excluding steroid dienone is 6. The van der Waals surface area contributed by atoms with Gasteiger partial charge < -0.3 is 5.32 Å². The Labute approximate surface area is 143 Å². The highest BCUT2D eigenvalue weighted by molar-refractivity contribution is 5.48. The summed E-state index contributed by atoms with van der Waals surface area (Å²) in [6.45, 7) is 10.9. The smallest absolute Gasteiger partial charge is 0.207 e. The molecule has 2 nitrogen and oxygen atoms in total. The molecule has 2 atom stereocenters. The van der Waals surface area contributed by atoms with Crippen molar-refractivity contribution in [1.82, 2.24) is 5.32 Å². The molecule has 1 aliphatic rings. The van der Waals surface area contributed by atoms with Crippen molar-refractivity contribution in [3.8, 4) is 0 Å². The number of carbonyl (C=O) groups excluding carboxylic acids is 1. The van der Waals surface area contributed by atoms with Gasteiger partial charge in [0.05, 0.1) is 0 Å². The average molecular weight is 318 g/mol. The SMILES string of the molecule is CC(C)=CCCC(C)=CCCC(C)(NC=O)C1CC=C(C)CC1. The summed E-state index contributed by atoms with van der Waals surface area (Å²) in [6.07, 6.45) is 15.6. The predicted molar refractivity (Wildman–Crippen MR) is 100 cm³/mol. The molecule has 0 aliphatic heterocycles. The fourth-order valence-electron chi connectivity index (χ4n) is 3.38. The summed E-state index contributed by atoms with van der Waals surface area (Å²) in [4.78, 5) is 11.1. The quantitative estimate of drug-likeness (QED) is 0.428. The molecule has 0 spiro atoms. The third-order valence-electron chi connectivity index (χ3n) is 5.18. The van der Waals surface area contributed by atoms with E-state index in [0.717, 1.165) is 38.5 Å². The Morgan fingerprint density at radius 1 is 1.30 bits per heavy atom. The Kier molecular flexibility index (Phi) is 8.36. The van der Waals surface area contributed by atoms with Crippen LogP contribution in [0.4, 0.5) is 0 Å². The van der Waals surface area contributed by atoms with Crippen LogP contribution in [-0.4, -0.2) is 11.9 Å². The summed E-state index contributed by atoms with van der Waals surface area (Å²) in [6, 6.07) is 0. The van der Waals surface area contributed by atoms with Crippen LogP contribution in [0.1, 0.15) is 79.6 Å². The van der Waals surface area contributed by atoms with E-state index in [1.165, 1.54) is 29.6 Å². The summed E-state index contributed by atoms with van der Waals surface area (Å²) >= 11 is 0. The second-order valence-corrected chi connectivity index (χ2v) is 7.61. The van der Waals surface area contributed by atoms with Gasteiger partial charge in [-0.2, -0.15) is 0 Å². The van der Waals surface area contributed by atoms with Gasteiger partial charge in [0.25, 0.3) is 0 Å². The monoisotopic (exact) mass is 317 g/mol. The van der Waals surface area contributed by atoms with Crippen LogP contribution in [0, 0.1) is 5.92 Å². The lowest BCUT2D eigenvalue weighted by molar-refractivity contribution is -0.111. The molecule has 1 rings (SSSR count). The van der Waals surface area contributed by atoms with E-state index in [9.17, 15) is 4.79 Å². The highest BCUT2D eigenvalue weighted by atomic mass is 16.1. The number of nitrogens with one attached hydrogen (secondary N) is 1. The van der Waals surface area contributed by atoms with Crippen LogP contribution in [0.2, 0.25) is 0 Å². The van der Waals surface area contributed by atoms with Crippen molar-refractivity contribution in [3.63, 3.8) is 0 Å². The van der Waals surface area contributed by atoms with Gasteiger partial charge in [0, 0.05) is 5.54 Å². The van der Waals surface area contributed by atoms with Crippen molar-refractivity contribution in [2.75, 3.05) is 0 Å². The zero-order valence-electron chi connectivity index (χ0n) is 15.7. The van der Waals surface area contributed by atoms with Crippen LogP contribution < -0.4 is 5.32 Å². The first-order valence-corrected chi connectivity index (χ1v) is 9.03. The van der Waals surface area contributed by atoms with E-state index < -0.39 is 0 Å². The van der Waals surface area contributed by atoms with Crippen molar-refractivity contribution in [3.05, 3.63) is 34.9 Å². The Hall–Kier alpha value is -1.31. The van der Waals surface area contributed by atoms with Gasteiger partial charge >= 0.3 is 0 Å². The molecule has 0 saturated heterocycles. The van der Waals surface area contributed by atoms with Gasteiger partial charge in [-0.05, 0) is 85.5 Å². The standard InChI is InChI=1S/C21H35NO/c1-17(2)8-6-9-18(3)10-7-15-21(5,22-16-23)20-13-11-19(4)12-14-20/h8,10-11,16,20H,6-7,9,12-15H2,1-5H3,(H,22,23). The van der Waals surface area contributed by atoms with Crippen LogP contribution in [0.15, 0.2) is 34.9 Å². The summed E-state index contributed by atoms with van der Waals surface area (Å²) < 4.78 is 0. The number of hydrogen-bond acceptors (Lipinski definition) is 1. The van der Waals surface area contributed by atoms with Gasteiger partial charge in [-0.3, -0.25) is 4.79 Å². The van der Waals surface area contributed by atoms with E-state index in [-0.39, 0.29) is 5.54 Å². The van der Waals surface area contributed by atoms with Gasteiger partial charge in [-0.1, -0.05) is 34.9 Å². The minimum Gasteiger partial charge on any atom is -0.353 e. The molecular formula is C21H35NO. The Balaban J connectivity index is 2.55. The maximum absolute atomic E-state index is 11.1. The van der Waals surface area contributed by atoms with Crippen LogP contribution in [0.3, 0.4) is 0 Å². The van der Waals surface area contributed by atoms with Gasteiger partial charge in [0.2, 0.25) is 6.41 Å². The van der Waals surface area contributed by atoms with Crippen molar-refractivity contribution in [2.24, 2.45) is 5.92 Å². The molecule has 0 radical (unpaired) electrons. The minimum atomic E-state index is -0.0877. The lowest BCUT2D eigenvalue weighted by Crippen LogP contribution is -2.48. The topological polar surface area (TPSA) is 29.1 Å². The van der Waals surface area contributed by atoms with Crippen LogP contribution >= 0.6 is 0 Å². The highest BCUT2D eigenvalue weighted by Crippen LogP contribution is 2.34. The van der Waals surface area contributed by atoms with Crippen molar-refractivity contribution < 1.29 is 4.79 Å². The molecule has 0 saturated carbocycles. The van der Waals surface area contributed by atoms with Crippen LogP contribution in [0.25, 0.3) is 0 Å². The van der Waals surface area contributed by atoms with Crippen molar-refractivity contribution in [1.29, 1.82) is 0 Å². The second kappa shape index (κ2) is 9.75. The number of hydrogen-bond donors (Lipinski definition) is 1. The third kappa shape index (κ3) is 7.20. The van der Waals surface area contributed by atoms with Crippen molar-refractivity contribution in [2.45, 2.75) is 85.1 Å². The minimum absolute atomic E-state index is 0.0877. The lowest BCUT2D eigenvalue weighted by atomic mass is 9.74. The second-order valence-electron chi connectivity index (χ2n) is 7.61. The number of carbonyl (C=O) groups is 1. The summed E-state index contributed by atoms with van der Waals surface area (Å²) in [5.41, 5.74) is 4.25. The molecule has 2 unspecified atom stereocenters. The number of rotatable bonds is 9. The zero-order valence-corrected chi connectivity index (χ0v) is 15.7. The maximum atomic E-state index is 11.1. The molecule has 1 amide bonds. The predicted octanol–water partition coefficient (Wildman–Crippen LogP) is 5.71. The lowest BCUT2D eigenvalue weighted by Gasteiger charge is -2.39. The first kappa shape index (κ1) is 19.7. The van der Waals surface area contributed by atoms with E-state index >= 15 is 0 Å². The van der Waals surface area contributed by atoms with E-state index in [1.54, 1.807) is 0 Å². The van der Waals surface area contributed by atoms with Crippen LogP contribution in [-0.2, 0) is 4.79 Å². The fraction of sp³-hybridized carbons (Fsp3) is 0.667. The molecule has 2 heteroatoms. The maximum Gasteiger partial charge on any atom is 0.207 e. The zero-order chi connectivity index (χ0) is 17.3. The van der Waals surface area contributed by atoms with E-state index in [1.807, 2.05) is 0 Å². The number of amides is 1. The van der Waals surface area contributed by atoms with Gasteiger partial charge in [0.15, 0.2) is 0 Å². The molecule has 0 aromatic heterocycles. The molecule has 0 fully saturated rings. The molecule has 0 bridgehead atoms. The average Bonchev–Trinajstić information content (AvgIpc) is 2.47. The van der Waals surface area contributed by atoms with Crippen LogP contribution in [0.5, 0.6) is 0 Å². The Morgan fingerprint density at radius 2 is 2.04 bits per heavy atom. The molecule has 1 aliphatic carbocycles. The normalized spacial score (nSPS) is 21.2. The third-order valence-corrected chi connectivity index (χ3v) is 5.18. The largest absolute Gasteiger partial charge is 0.353 e. The molecule has 1 N–H and O–H groups in total. The fourth-order valence-corrected chi connectivity index (χ4v) is 3.38. The Bertz CT molecular complexity index is 468. The van der Waals surface area contributed by atoms with Gasteiger partial charge in [0.1, 0.15) is 0 Å². The van der Waals surface area contributed by atoms with E-state index in [2.05, 4.69) is 58.2 Å². The van der Waals surface area contributed by atoms with E-state index in [0.29, 0.717) is 5.92 Å². The molecule has 0 aromatic rings. The Morgan fingerprint density at radius 3 is 2.61 bits per heavy atom. The summed E-state index contributed by atoms with van der Waals surface area (Å²) in [5.74, 6) is 0.552. The summed E-state index contributed by atoms with van der Waals surface area (Å²) in [7, 11) is 0. The van der Waals surface area contributed by atoms with Crippen molar-refractivity contribution >= 4 is 6.41 Å². The summed E-state index contributed by atoms with van der Waals surface area (Å²) in [5, 5.41) is 3.13. The molecule has 0 heterocycles.